The lowest BCUT2D eigenvalue weighted by Gasteiger charge is -2.09. The number of amides is 1. The Hall–Kier alpha value is -2.44. The minimum Gasteiger partial charge on any atom is -0.348 e. The van der Waals surface area contributed by atoms with E-state index in [1.54, 1.807) is 24.5 Å². The molecule has 128 valence electrons. The Bertz CT molecular complexity index is 930. The van der Waals surface area contributed by atoms with Crippen molar-refractivity contribution in [3.05, 3.63) is 81.9 Å². The van der Waals surface area contributed by atoms with Crippen molar-refractivity contribution >= 4 is 29.1 Å². The van der Waals surface area contributed by atoms with Gasteiger partial charge in [-0.25, -0.2) is 13.8 Å². The maximum absolute atomic E-state index is 14.2. The molecule has 1 amide bonds. The highest BCUT2D eigenvalue weighted by Gasteiger charge is 2.14. The summed E-state index contributed by atoms with van der Waals surface area (Å²) in [4.78, 5) is 16.0. The SMILES string of the molecule is O=C(NCc1ccc(-n2ccnc2)c(F)c1)c1cc(F)c(Cl)cc1Cl. The highest BCUT2D eigenvalue weighted by atomic mass is 35.5. The Kier molecular flexibility index (Phi) is 5.01. The molecule has 1 heterocycles. The van der Waals surface area contributed by atoms with Gasteiger partial charge in [0.05, 0.1) is 27.6 Å². The van der Waals surface area contributed by atoms with Gasteiger partial charge in [0.1, 0.15) is 11.6 Å². The summed E-state index contributed by atoms with van der Waals surface area (Å²) in [6.07, 6.45) is 4.65. The summed E-state index contributed by atoms with van der Waals surface area (Å²) < 4.78 is 29.2. The van der Waals surface area contributed by atoms with E-state index in [0.717, 1.165) is 12.1 Å². The van der Waals surface area contributed by atoms with Crippen molar-refractivity contribution in [1.82, 2.24) is 14.9 Å². The van der Waals surface area contributed by atoms with E-state index in [1.165, 1.54) is 17.0 Å². The fourth-order valence-corrected chi connectivity index (χ4v) is 2.71. The zero-order valence-electron chi connectivity index (χ0n) is 12.6. The zero-order chi connectivity index (χ0) is 18.0. The summed E-state index contributed by atoms with van der Waals surface area (Å²) in [6, 6.07) is 6.67. The van der Waals surface area contributed by atoms with Crippen molar-refractivity contribution in [3.8, 4) is 5.69 Å². The van der Waals surface area contributed by atoms with E-state index >= 15 is 0 Å². The zero-order valence-corrected chi connectivity index (χ0v) is 14.2. The van der Waals surface area contributed by atoms with Crippen LogP contribution in [0.4, 0.5) is 8.78 Å². The van der Waals surface area contributed by atoms with Crippen LogP contribution in [0.5, 0.6) is 0 Å². The van der Waals surface area contributed by atoms with Crippen molar-refractivity contribution in [2.24, 2.45) is 0 Å². The van der Waals surface area contributed by atoms with Crippen molar-refractivity contribution in [2.75, 3.05) is 0 Å². The summed E-state index contributed by atoms with van der Waals surface area (Å²) in [6.45, 7) is 0.0561. The van der Waals surface area contributed by atoms with Gasteiger partial charge in [-0.05, 0) is 29.8 Å². The lowest BCUT2D eigenvalue weighted by Crippen LogP contribution is -2.23. The molecular weight excluding hydrogens is 371 g/mol. The average Bonchev–Trinajstić information content (AvgIpc) is 3.10. The molecule has 0 saturated carbocycles. The molecule has 1 N–H and O–H groups in total. The highest BCUT2D eigenvalue weighted by Crippen LogP contribution is 2.24. The van der Waals surface area contributed by atoms with E-state index in [-0.39, 0.29) is 22.2 Å². The topological polar surface area (TPSA) is 46.9 Å². The molecule has 0 atom stereocenters. The van der Waals surface area contributed by atoms with Gasteiger partial charge in [0.2, 0.25) is 0 Å². The summed E-state index contributed by atoms with van der Waals surface area (Å²) in [5.41, 5.74) is 0.842. The second-order valence-electron chi connectivity index (χ2n) is 5.18. The number of imidazole rings is 1. The van der Waals surface area contributed by atoms with Crippen LogP contribution in [0.25, 0.3) is 5.69 Å². The minimum absolute atomic E-state index is 0.0329. The van der Waals surface area contributed by atoms with E-state index in [4.69, 9.17) is 23.2 Å². The Balaban J connectivity index is 1.72. The van der Waals surface area contributed by atoms with Crippen LogP contribution in [0.1, 0.15) is 15.9 Å². The molecule has 0 aliphatic rings. The first-order valence-electron chi connectivity index (χ1n) is 7.15. The number of carbonyl (C=O) groups excluding carboxylic acids is 1. The number of nitrogens with one attached hydrogen (secondary N) is 1. The molecule has 1 aromatic heterocycles. The molecule has 0 saturated heterocycles. The molecule has 0 aliphatic carbocycles. The summed E-state index contributed by atoms with van der Waals surface area (Å²) in [5.74, 6) is -1.79. The predicted octanol–water partition coefficient (Wildman–Crippen LogP) is 4.39. The number of hydrogen-bond acceptors (Lipinski definition) is 2. The van der Waals surface area contributed by atoms with Crippen molar-refractivity contribution in [2.45, 2.75) is 6.54 Å². The molecule has 0 spiro atoms. The summed E-state index contributed by atoms with van der Waals surface area (Å²) in [7, 11) is 0. The van der Waals surface area contributed by atoms with Crippen LogP contribution in [0.2, 0.25) is 10.0 Å². The molecule has 8 heteroatoms. The first-order chi connectivity index (χ1) is 12.0. The summed E-state index contributed by atoms with van der Waals surface area (Å²) >= 11 is 11.5. The van der Waals surface area contributed by atoms with Crippen LogP contribution in [-0.4, -0.2) is 15.5 Å². The Morgan fingerprint density at radius 1 is 1.12 bits per heavy atom. The fraction of sp³-hybridized carbons (Fsp3) is 0.0588. The number of benzene rings is 2. The molecular formula is C17H11Cl2F2N3O. The van der Waals surface area contributed by atoms with E-state index in [0.29, 0.717) is 11.3 Å². The van der Waals surface area contributed by atoms with Crippen LogP contribution in [0.3, 0.4) is 0 Å². The third-order valence-corrected chi connectivity index (χ3v) is 4.10. The lowest BCUT2D eigenvalue weighted by molar-refractivity contribution is 0.0950. The van der Waals surface area contributed by atoms with E-state index < -0.39 is 17.5 Å². The van der Waals surface area contributed by atoms with Crippen LogP contribution < -0.4 is 5.32 Å². The van der Waals surface area contributed by atoms with Gasteiger partial charge in [0.25, 0.3) is 5.91 Å². The fourth-order valence-electron chi connectivity index (χ4n) is 2.25. The Morgan fingerprint density at radius 3 is 2.60 bits per heavy atom. The van der Waals surface area contributed by atoms with Gasteiger partial charge in [-0.1, -0.05) is 29.3 Å². The number of halogens is 4. The van der Waals surface area contributed by atoms with Crippen molar-refractivity contribution in [1.29, 1.82) is 0 Å². The highest BCUT2D eigenvalue weighted by molar-refractivity contribution is 6.36. The third-order valence-electron chi connectivity index (χ3n) is 3.50. The number of nitrogens with zero attached hydrogens (tertiary/aromatic N) is 2. The van der Waals surface area contributed by atoms with Gasteiger partial charge in [0, 0.05) is 18.9 Å². The first kappa shape index (κ1) is 17.4. The van der Waals surface area contributed by atoms with Gasteiger partial charge in [-0.3, -0.25) is 4.79 Å². The first-order valence-corrected chi connectivity index (χ1v) is 7.91. The van der Waals surface area contributed by atoms with Gasteiger partial charge in [-0.15, -0.1) is 0 Å². The number of rotatable bonds is 4. The molecule has 0 fully saturated rings. The second kappa shape index (κ2) is 7.21. The maximum Gasteiger partial charge on any atom is 0.253 e. The molecule has 0 bridgehead atoms. The largest absolute Gasteiger partial charge is 0.348 e. The normalized spacial score (nSPS) is 10.7. The maximum atomic E-state index is 14.2. The number of hydrogen-bond donors (Lipinski definition) is 1. The van der Waals surface area contributed by atoms with Gasteiger partial charge >= 0.3 is 0 Å². The monoisotopic (exact) mass is 381 g/mol. The molecule has 3 aromatic rings. The quantitative estimate of drug-likeness (QED) is 0.681. The third kappa shape index (κ3) is 3.81. The van der Waals surface area contributed by atoms with Gasteiger partial charge in [-0.2, -0.15) is 0 Å². The molecule has 4 nitrogen and oxygen atoms in total. The smallest absolute Gasteiger partial charge is 0.253 e. The van der Waals surface area contributed by atoms with Crippen LogP contribution in [0.15, 0.2) is 49.1 Å². The van der Waals surface area contributed by atoms with Gasteiger partial charge in [0.15, 0.2) is 0 Å². The molecule has 25 heavy (non-hydrogen) atoms. The lowest BCUT2D eigenvalue weighted by atomic mass is 10.1. The summed E-state index contributed by atoms with van der Waals surface area (Å²) in [5, 5.41) is 2.43. The van der Waals surface area contributed by atoms with Crippen molar-refractivity contribution < 1.29 is 13.6 Å². The second-order valence-corrected chi connectivity index (χ2v) is 6.00. The van der Waals surface area contributed by atoms with Crippen LogP contribution in [0, 0.1) is 11.6 Å². The molecule has 0 unspecified atom stereocenters. The Morgan fingerprint density at radius 2 is 1.92 bits per heavy atom. The molecule has 0 aliphatic heterocycles. The van der Waals surface area contributed by atoms with Crippen molar-refractivity contribution in [3.63, 3.8) is 0 Å². The predicted molar refractivity (Wildman–Crippen MR) is 91.1 cm³/mol. The molecule has 3 rings (SSSR count). The average molecular weight is 382 g/mol. The van der Waals surface area contributed by atoms with E-state index in [1.807, 2.05) is 0 Å². The Labute approximate surface area is 152 Å². The molecule has 0 radical (unpaired) electrons. The standard InChI is InChI=1S/C17H11Cl2F2N3O/c18-12-7-13(19)14(20)6-11(12)17(25)23-8-10-1-2-16(15(21)5-10)24-4-3-22-9-24/h1-7,9H,8H2,(H,23,25). The van der Waals surface area contributed by atoms with E-state index in [9.17, 15) is 13.6 Å². The number of carbonyl (C=O) groups is 1. The number of aromatic nitrogens is 2. The minimum atomic E-state index is -0.744. The van der Waals surface area contributed by atoms with Crippen LogP contribution in [-0.2, 0) is 6.54 Å². The van der Waals surface area contributed by atoms with Gasteiger partial charge < -0.3 is 9.88 Å². The molecule has 2 aromatic carbocycles. The van der Waals surface area contributed by atoms with Crippen LogP contribution >= 0.6 is 23.2 Å². The van der Waals surface area contributed by atoms with E-state index in [2.05, 4.69) is 10.3 Å².